The van der Waals surface area contributed by atoms with Crippen LogP contribution in [0.2, 0.25) is 0 Å². The minimum atomic E-state index is -2.39. The molecule has 0 bridgehead atoms. The van der Waals surface area contributed by atoms with Gasteiger partial charge in [0.15, 0.2) is 0 Å². The molecule has 0 N–H and O–H groups in total. The molecule has 0 saturated carbocycles. The molecule has 0 atom stereocenters. The summed E-state index contributed by atoms with van der Waals surface area (Å²) in [5.74, 6) is 0. The summed E-state index contributed by atoms with van der Waals surface area (Å²) >= 11 is 0. The van der Waals surface area contributed by atoms with Crippen LogP contribution in [0.4, 0.5) is 34.1 Å². The van der Waals surface area contributed by atoms with Gasteiger partial charge in [-0.25, -0.2) is 0 Å². The Morgan fingerprint density at radius 1 is 0.465 bits per heavy atom. The van der Waals surface area contributed by atoms with Crippen LogP contribution in [-0.4, -0.2) is 6.71 Å². The van der Waals surface area contributed by atoms with Gasteiger partial charge in [-0.3, -0.25) is 0 Å². The Labute approximate surface area is 429 Å². The number of aryl methyl sites for hydroxylation is 2. The Bertz CT molecular complexity index is 3660. The van der Waals surface area contributed by atoms with E-state index in [1.807, 2.05) is 12.1 Å². The normalized spacial score (nSPS) is 17.3. The van der Waals surface area contributed by atoms with Crippen molar-refractivity contribution in [2.45, 2.75) is 130 Å². The van der Waals surface area contributed by atoms with E-state index in [0.717, 1.165) is 62.7 Å². The van der Waals surface area contributed by atoms with E-state index in [0.29, 0.717) is 5.56 Å². The first kappa shape index (κ1) is 42.1. The Hall–Kier alpha value is -6.58. The summed E-state index contributed by atoms with van der Waals surface area (Å²) in [5.41, 5.74) is 25.8. The molecule has 354 valence electrons. The van der Waals surface area contributed by atoms with Gasteiger partial charge in [0.25, 0.3) is 6.71 Å². The van der Waals surface area contributed by atoms with E-state index in [4.69, 9.17) is 0 Å². The zero-order valence-electron chi connectivity index (χ0n) is 47.1. The van der Waals surface area contributed by atoms with E-state index in [1.165, 1.54) is 66.6 Å². The average Bonchev–Trinajstić information content (AvgIpc) is 3.70. The minimum absolute atomic E-state index is 0.0572. The van der Waals surface area contributed by atoms with E-state index in [2.05, 4.69) is 239 Å². The number of hydrogen-bond acceptors (Lipinski definition) is 2. The maximum atomic E-state index is 9.23. The van der Waals surface area contributed by atoms with Gasteiger partial charge in [0.05, 0.1) is 5.69 Å². The molecular formula is C68H69BN2. The third-order valence-electron chi connectivity index (χ3n) is 17.0. The second kappa shape index (κ2) is 15.2. The summed E-state index contributed by atoms with van der Waals surface area (Å²) in [5, 5.41) is 0. The van der Waals surface area contributed by atoms with Crippen molar-refractivity contribution < 1.29 is 4.11 Å². The summed E-state index contributed by atoms with van der Waals surface area (Å²) in [7, 11) is 0. The Balaban J connectivity index is 1.23. The van der Waals surface area contributed by atoms with Crippen LogP contribution in [0.3, 0.4) is 0 Å². The van der Waals surface area contributed by atoms with Gasteiger partial charge in [0, 0.05) is 43.5 Å². The molecule has 0 saturated heterocycles. The second-order valence-electron chi connectivity index (χ2n) is 25.2. The number of anilines is 6. The number of hydrogen-bond donors (Lipinski definition) is 0. The van der Waals surface area contributed by atoms with Crippen molar-refractivity contribution in [1.82, 2.24) is 0 Å². The van der Waals surface area contributed by atoms with Gasteiger partial charge in [0.1, 0.15) is 0 Å². The molecular weight excluding hydrogens is 856 g/mol. The molecule has 3 heteroatoms. The summed E-state index contributed by atoms with van der Waals surface area (Å²) in [4.78, 5) is 4.87. The van der Waals surface area contributed by atoms with Crippen molar-refractivity contribution in [3.05, 3.63) is 196 Å². The standard InChI is InChI=1S/C68H69BN2/c1-41-33-60-63-61(34-41)71(57-32-29-46(65(6,7)8)37-49(57)43-21-16-15-17-22-43)59-39-53-52(66(9,10)40-67(53,11)12)38-55(59)69(63)54-36-44(27-30-58(54)70(60)56-31-28-45(35-42(56)2)64(3,4)5)47-24-20-26-51-62(47)48-23-18-19-25-50(48)68(51,13)14/h15-39H,40H2,1-14H3/i1D3. The highest BCUT2D eigenvalue weighted by molar-refractivity contribution is 7.00. The lowest BCUT2D eigenvalue weighted by Gasteiger charge is -2.45. The first-order valence-corrected chi connectivity index (χ1v) is 25.9. The molecule has 2 aliphatic carbocycles. The quantitative estimate of drug-likeness (QED) is 0.162. The lowest BCUT2D eigenvalue weighted by atomic mass is 9.33. The molecule has 0 radical (unpaired) electrons. The van der Waals surface area contributed by atoms with Gasteiger partial charge >= 0.3 is 0 Å². The predicted octanol–water partition coefficient (Wildman–Crippen LogP) is 16.6. The third kappa shape index (κ3) is 6.81. The maximum Gasteiger partial charge on any atom is 0.252 e. The Morgan fingerprint density at radius 2 is 1.04 bits per heavy atom. The predicted molar refractivity (Wildman–Crippen MR) is 306 cm³/mol. The molecule has 8 aromatic carbocycles. The van der Waals surface area contributed by atoms with Gasteiger partial charge in [-0.15, -0.1) is 0 Å². The summed E-state index contributed by atoms with van der Waals surface area (Å²) < 4.78 is 27.7. The fourth-order valence-electron chi connectivity index (χ4n) is 13.6. The van der Waals surface area contributed by atoms with E-state index < -0.39 is 6.85 Å². The highest BCUT2D eigenvalue weighted by Crippen LogP contribution is 2.55. The van der Waals surface area contributed by atoms with Crippen molar-refractivity contribution in [2.24, 2.45) is 0 Å². The number of fused-ring (bicyclic) bond motifs is 8. The van der Waals surface area contributed by atoms with Crippen LogP contribution in [0.15, 0.2) is 152 Å². The molecule has 0 unspecified atom stereocenters. The molecule has 12 rings (SSSR count). The zero-order chi connectivity index (χ0) is 52.4. The zero-order valence-corrected chi connectivity index (χ0v) is 44.1. The number of nitrogens with zero attached hydrogens (tertiary/aromatic N) is 2. The summed E-state index contributed by atoms with van der Waals surface area (Å²) in [6, 6.07) is 56.7. The Kier molecular flexibility index (Phi) is 9.03. The van der Waals surface area contributed by atoms with E-state index in [-0.39, 0.29) is 33.8 Å². The lowest BCUT2D eigenvalue weighted by molar-refractivity contribution is 0.403. The second-order valence-corrected chi connectivity index (χ2v) is 25.2. The third-order valence-corrected chi connectivity index (χ3v) is 17.0. The topological polar surface area (TPSA) is 6.48 Å². The van der Waals surface area contributed by atoms with Gasteiger partial charge in [-0.2, -0.15) is 0 Å². The molecule has 2 nitrogen and oxygen atoms in total. The minimum Gasteiger partial charge on any atom is -0.311 e. The van der Waals surface area contributed by atoms with Gasteiger partial charge < -0.3 is 9.80 Å². The molecule has 0 aromatic heterocycles. The van der Waals surface area contributed by atoms with Crippen LogP contribution in [0.1, 0.15) is 138 Å². The van der Waals surface area contributed by atoms with Gasteiger partial charge in [-0.05, 0) is 173 Å². The van der Waals surface area contributed by atoms with Crippen LogP contribution >= 0.6 is 0 Å². The number of rotatable bonds is 4. The van der Waals surface area contributed by atoms with Crippen molar-refractivity contribution in [3.63, 3.8) is 0 Å². The average molecular weight is 928 g/mol. The molecule has 0 fully saturated rings. The molecule has 4 aliphatic rings. The van der Waals surface area contributed by atoms with Gasteiger partial charge in [-0.1, -0.05) is 192 Å². The van der Waals surface area contributed by atoms with Crippen LogP contribution in [0.25, 0.3) is 33.4 Å². The fourth-order valence-corrected chi connectivity index (χ4v) is 13.6. The fraction of sp³-hybridized carbons (Fsp3) is 0.294. The van der Waals surface area contributed by atoms with E-state index in [9.17, 15) is 4.11 Å². The SMILES string of the molecule is [2H]C([2H])([2H])c1cc2c3c(c1)N(c1ccc(C(C)(C)C)cc1-c1ccccc1)c1cc4c(cc1B3c1cc(-c3cccc5c3-c3ccccc3C5(C)C)ccc1N2c1ccc(C(C)(C)C)cc1C)C(C)(C)CC4(C)C. The van der Waals surface area contributed by atoms with Crippen LogP contribution in [-0.2, 0) is 27.1 Å². The van der Waals surface area contributed by atoms with Gasteiger partial charge in [0.2, 0.25) is 0 Å². The highest BCUT2D eigenvalue weighted by atomic mass is 15.2. The van der Waals surface area contributed by atoms with Crippen molar-refractivity contribution in [3.8, 4) is 33.4 Å². The first-order valence-electron chi connectivity index (χ1n) is 27.4. The largest absolute Gasteiger partial charge is 0.311 e. The van der Waals surface area contributed by atoms with Crippen LogP contribution < -0.4 is 26.2 Å². The monoisotopic (exact) mass is 928 g/mol. The van der Waals surface area contributed by atoms with E-state index >= 15 is 0 Å². The first-order chi connectivity index (χ1) is 34.8. The maximum absolute atomic E-state index is 9.23. The highest BCUT2D eigenvalue weighted by Gasteiger charge is 2.49. The van der Waals surface area contributed by atoms with E-state index in [1.54, 1.807) is 0 Å². The molecule has 71 heavy (non-hydrogen) atoms. The molecule has 0 spiro atoms. The summed E-state index contributed by atoms with van der Waals surface area (Å²) in [6.07, 6.45) is 1.02. The molecule has 0 amide bonds. The molecule has 2 aliphatic heterocycles. The Morgan fingerprint density at radius 3 is 1.72 bits per heavy atom. The van der Waals surface area contributed by atoms with Crippen molar-refractivity contribution in [2.75, 3.05) is 9.80 Å². The summed E-state index contributed by atoms with van der Waals surface area (Å²) in [6.45, 7) is 27.6. The smallest absolute Gasteiger partial charge is 0.252 e. The number of benzene rings is 8. The lowest BCUT2D eigenvalue weighted by Crippen LogP contribution is -2.61. The van der Waals surface area contributed by atoms with Crippen LogP contribution in [0.5, 0.6) is 0 Å². The van der Waals surface area contributed by atoms with Crippen molar-refractivity contribution >= 4 is 57.2 Å². The molecule has 8 aromatic rings. The molecule has 2 heterocycles. The van der Waals surface area contributed by atoms with Crippen molar-refractivity contribution in [1.29, 1.82) is 0 Å². The van der Waals surface area contributed by atoms with Crippen LogP contribution in [0, 0.1) is 13.8 Å².